The molecule has 0 spiro atoms. The van der Waals surface area contributed by atoms with Crippen LogP contribution in [0.1, 0.15) is 6.92 Å². The summed E-state index contributed by atoms with van der Waals surface area (Å²) in [6, 6.07) is 12.1. The lowest BCUT2D eigenvalue weighted by Crippen LogP contribution is -2.24. The van der Waals surface area contributed by atoms with E-state index in [0.717, 1.165) is 0 Å². The van der Waals surface area contributed by atoms with Crippen molar-refractivity contribution in [3.05, 3.63) is 42.5 Å². The predicted molar refractivity (Wildman–Crippen MR) is 92.5 cm³/mol. The average Bonchev–Trinajstić information content (AvgIpc) is 2.68. The summed E-state index contributed by atoms with van der Waals surface area (Å²) in [6.07, 6.45) is -0.697. The summed E-state index contributed by atoms with van der Waals surface area (Å²) in [4.78, 5) is 15.7. The Balaban J connectivity index is 1.70. The van der Waals surface area contributed by atoms with Gasteiger partial charge in [-0.3, -0.25) is 0 Å². The van der Waals surface area contributed by atoms with E-state index < -0.39 is 12.1 Å². The monoisotopic (exact) mass is 355 g/mol. The summed E-state index contributed by atoms with van der Waals surface area (Å²) in [7, 11) is 2.89. The SMILES string of the molecule is COC(=O)C(C)Oc1ccc(Oc2nnc3cc(OC)ccc3n2)cc1. The van der Waals surface area contributed by atoms with Crippen molar-refractivity contribution in [2.75, 3.05) is 14.2 Å². The van der Waals surface area contributed by atoms with E-state index in [2.05, 4.69) is 19.9 Å². The summed E-state index contributed by atoms with van der Waals surface area (Å²) < 4.78 is 20.8. The smallest absolute Gasteiger partial charge is 0.346 e. The molecule has 0 bridgehead atoms. The molecule has 134 valence electrons. The van der Waals surface area contributed by atoms with Gasteiger partial charge in [0, 0.05) is 6.07 Å². The second-order valence-corrected chi connectivity index (χ2v) is 5.31. The third-order valence-electron chi connectivity index (χ3n) is 3.52. The molecule has 8 nitrogen and oxygen atoms in total. The van der Waals surface area contributed by atoms with Crippen LogP contribution < -0.4 is 14.2 Å². The predicted octanol–water partition coefficient (Wildman–Crippen LogP) is 2.77. The second kappa shape index (κ2) is 7.64. The minimum atomic E-state index is -0.697. The third kappa shape index (κ3) is 3.97. The normalized spacial score (nSPS) is 11.7. The Bertz CT molecular complexity index is 914. The molecule has 8 heteroatoms. The van der Waals surface area contributed by atoms with Crippen molar-refractivity contribution in [2.24, 2.45) is 0 Å². The van der Waals surface area contributed by atoms with Gasteiger partial charge in [-0.2, -0.15) is 4.98 Å². The zero-order chi connectivity index (χ0) is 18.5. The third-order valence-corrected chi connectivity index (χ3v) is 3.52. The molecule has 1 aromatic heterocycles. The number of carbonyl (C=O) groups excluding carboxylic acids is 1. The van der Waals surface area contributed by atoms with Crippen molar-refractivity contribution in [2.45, 2.75) is 13.0 Å². The van der Waals surface area contributed by atoms with E-state index in [4.69, 9.17) is 14.2 Å². The van der Waals surface area contributed by atoms with Crippen molar-refractivity contribution >= 4 is 17.0 Å². The number of aromatic nitrogens is 3. The fourth-order valence-electron chi connectivity index (χ4n) is 2.18. The van der Waals surface area contributed by atoms with Crippen molar-refractivity contribution in [3.8, 4) is 23.3 Å². The fourth-order valence-corrected chi connectivity index (χ4v) is 2.18. The minimum Gasteiger partial charge on any atom is -0.497 e. The van der Waals surface area contributed by atoms with Crippen LogP contribution in [0.25, 0.3) is 11.0 Å². The van der Waals surface area contributed by atoms with E-state index in [1.165, 1.54) is 7.11 Å². The summed E-state index contributed by atoms with van der Waals surface area (Å²) >= 11 is 0. The highest BCUT2D eigenvalue weighted by atomic mass is 16.6. The van der Waals surface area contributed by atoms with Crippen LogP contribution in [0.5, 0.6) is 23.3 Å². The highest BCUT2D eigenvalue weighted by Crippen LogP contribution is 2.24. The topological polar surface area (TPSA) is 92.7 Å². The Morgan fingerprint density at radius 1 is 0.923 bits per heavy atom. The van der Waals surface area contributed by atoms with Gasteiger partial charge in [-0.05, 0) is 43.3 Å². The van der Waals surface area contributed by atoms with Gasteiger partial charge in [0.15, 0.2) is 6.10 Å². The first-order valence-electron chi connectivity index (χ1n) is 7.80. The van der Waals surface area contributed by atoms with Crippen LogP contribution in [0.4, 0.5) is 0 Å². The van der Waals surface area contributed by atoms with Crippen LogP contribution >= 0.6 is 0 Å². The van der Waals surface area contributed by atoms with Crippen LogP contribution in [-0.2, 0) is 9.53 Å². The number of ether oxygens (including phenoxy) is 4. The Labute approximate surface area is 149 Å². The van der Waals surface area contributed by atoms with Gasteiger partial charge < -0.3 is 18.9 Å². The molecule has 0 aliphatic carbocycles. The number of hydrogen-bond donors (Lipinski definition) is 0. The summed E-state index contributed by atoms with van der Waals surface area (Å²) in [5.74, 6) is 1.26. The number of benzene rings is 2. The average molecular weight is 355 g/mol. The molecule has 0 saturated heterocycles. The molecular weight excluding hydrogens is 338 g/mol. The zero-order valence-electron chi connectivity index (χ0n) is 14.5. The Kier molecular flexibility index (Phi) is 5.12. The molecule has 0 radical (unpaired) electrons. The summed E-state index contributed by atoms with van der Waals surface area (Å²) in [6.45, 7) is 1.61. The van der Waals surface area contributed by atoms with E-state index in [1.807, 2.05) is 0 Å². The molecule has 1 unspecified atom stereocenters. The van der Waals surface area contributed by atoms with Gasteiger partial charge in [0.2, 0.25) is 0 Å². The molecule has 0 saturated carbocycles. The lowest BCUT2D eigenvalue weighted by molar-refractivity contribution is -0.147. The fraction of sp³-hybridized carbons (Fsp3) is 0.222. The van der Waals surface area contributed by atoms with Gasteiger partial charge in [-0.25, -0.2) is 4.79 Å². The van der Waals surface area contributed by atoms with Crippen molar-refractivity contribution in [1.29, 1.82) is 0 Å². The molecule has 1 heterocycles. The number of nitrogens with zero attached hydrogens (tertiary/aromatic N) is 3. The quantitative estimate of drug-likeness (QED) is 0.623. The van der Waals surface area contributed by atoms with E-state index in [-0.39, 0.29) is 6.01 Å². The minimum absolute atomic E-state index is 0.124. The van der Waals surface area contributed by atoms with Gasteiger partial charge in [0.25, 0.3) is 0 Å². The van der Waals surface area contributed by atoms with E-state index in [1.54, 1.807) is 56.5 Å². The van der Waals surface area contributed by atoms with Crippen LogP contribution in [0.15, 0.2) is 42.5 Å². The molecular formula is C18H17N3O5. The molecule has 0 aliphatic heterocycles. The van der Waals surface area contributed by atoms with E-state index in [0.29, 0.717) is 28.3 Å². The van der Waals surface area contributed by atoms with Crippen molar-refractivity contribution in [1.82, 2.24) is 15.2 Å². The van der Waals surface area contributed by atoms with Crippen LogP contribution in [0.3, 0.4) is 0 Å². The molecule has 3 aromatic rings. The second-order valence-electron chi connectivity index (χ2n) is 5.31. The first-order valence-corrected chi connectivity index (χ1v) is 7.80. The van der Waals surface area contributed by atoms with Gasteiger partial charge in [0.05, 0.1) is 19.7 Å². The molecule has 0 fully saturated rings. The van der Waals surface area contributed by atoms with Gasteiger partial charge in [-0.15, -0.1) is 5.10 Å². The maximum atomic E-state index is 11.4. The summed E-state index contributed by atoms with van der Waals surface area (Å²) in [5, 5.41) is 8.03. The Morgan fingerprint density at radius 3 is 2.31 bits per heavy atom. The molecule has 2 aromatic carbocycles. The van der Waals surface area contributed by atoms with Gasteiger partial charge in [0.1, 0.15) is 22.8 Å². The maximum Gasteiger partial charge on any atom is 0.346 e. The molecule has 0 amide bonds. The number of esters is 1. The largest absolute Gasteiger partial charge is 0.497 e. The highest BCUT2D eigenvalue weighted by molar-refractivity contribution is 5.75. The number of rotatable bonds is 6. The molecule has 0 N–H and O–H groups in total. The van der Waals surface area contributed by atoms with Gasteiger partial charge in [-0.1, -0.05) is 5.10 Å². The lowest BCUT2D eigenvalue weighted by atomic mass is 10.3. The van der Waals surface area contributed by atoms with Crippen LogP contribution in [-0.4, -0.2) is 41.5 Å². The standard InChI is InChI=1S/C18H17N3O5/c1-11(17(22)24-3)25-12-4-6-13(7-5-12)26-18-19-15-9-8-14(23-2)10-16(15)20-21-18/h4-11H,1-3H3. The number of hydrogen-bond acceptors (Lipinski definition) is 8. The first kappa shape index (κ1) is 17.4. The number of fused-ring (bicyclic) bond motifs is 1. The van der Waals surface area contributed by atoms with E-state index in [9.17, 15) is 4.79 Å². The number of methoxy groups -OCH3 is 2. The van der Waals surface area contributed by atoms with Crippen LogP contribution in [0, 0.1) is 0 Å². The molecule has 3 rings (SSSR count). The zero-order valence-corrected chi connectivity index (χ0v) is 14.5. The first-order chi connectivity index (χ1) is 12.6. The molecule has 0 aliphatic rings. The lowest BCUT2D eigenvalue weighted by Gasteiger charge is -2.12. The molecule has 1 atom stereocenters. The van der Waals surface area contributed by atoms with Crippen LogP contribution in [0.2, 0.25) is 0 Å². The Hall–Kier alpha value is -3.42. The van der Waals surface area contributed by atoms with Gasteiger partial charge >= 0.3 is 12.0 Å². The van der Waals surface area contributed by atoms with Crippen molar-refractivity contribution in [3.63, 3.8) is 0 Å². The number of carbonyl (C=O) groups is 1. The highest BCUT2D eigenvalue weighted by Gasteiger charge is 2.14. The maximum absolute atomic E-state index is 11.4. The van der Waals surface area contributed by atoms with Crippen molar-refractivity contribution < 1.29 is 23.7 Å². The molecule has 26 heavy (non-hydrogen) atoms. The summed E-state index contributed by atoms with van der Waals surface area (Å²) in [5.41, 5.74) is 1.25. The van der Waals surface area contributed by atoms with E-state index >= 15 is 0 Å². The Morgan fingerprint density at radius 2 is 1.62 bits per heavy atom.